The van der Waals surface area contributed by atoms with Crippen molar-refractivity contribution in [1.29, 1.82) is 0 Å². The van der Waals surface area contributed by atoms with Crippen molar-refractivity contribution in [2.75, 3.05) is 135 Å². The van der Waals surface area contributed by atoms with Crippen molar-refractivity contribution in [3.05, 3.63) is 143 Å². The van der Waals surface area contributed by atoms with Crippen LogP contribution in [0.1, 0.15) is 62.1 Å². The van der Waals surface area contributed by atoms with Gasteiger partial charge in [0.15, 0.2) is 0 Å². The summed E-state index contributed by atoms with van der Waals surface area (Å²) in [5.41, 5.74) is 4.33. The van der Waals surface area contributed by atoms with Gasteiger partial charge in [0.05, 0.1) is 62.0 Å². The van der Waals surface area contributed by atoms with E-state index >= 15 is 0 Å². The van der Waals surface area contributed by atoms with Crippen LogP contribution in [0.15, 0.2) is 109 Å². The summed E-state index contributed by atoms with van der Waals surface area (Å²) in [4.78, 5) is 74.4. The third-order valence-electron chi connectivity index (χ3n) is 10.7. The molecule has 0 heterocycles. The minimum atomic E-state index is -1.29. The summed E-state index contributed by atoms with van der Waals surface area (Å²) in [7, 11) is 25.8. The Morgan fingerprint density at radius 3 is 0.800 bits per heavy atom. The van der Waals surface area contributed by atoms with Gasteiger partial charge in [-0.1, -0.05) is 0 Å². The molecule has 6 aromatic carbocycles. The summed E-state index contributed by atoms with van der Waals surface area (Å²) in [6, 6.07) is 27.0. The van der Waals surface area contributed by atoms with Gasteiger partial charge in [0, 0.05) is 153 Å². The van der Waals surface area contributed by atoms with Crippen LogP contribution in [0.4, 0.5) is 34.1 Å². The number of hydrogen-bond donors (Lipinski definition) is 5. The fourth-order valence-electron chi connectivity index (χ4n) is 6.51. The van der Waals surface area contributed by atoms with Gasteiger partial charge in [0.25, 0.3) is 0 Å². The topological polar surface area (TPSA) is 343 Å². The maximum atomic E-state index is 10.9. The van der Waals surface area contributed by atoms with Crippen LogP contribution >= 0.6 is 0 Å². The minimum Gasteiger partial charge on any atom is -0.545 e. The normalized spacial score (nSPS) is 9.21. The maximum absolute atomic E-state index is 10.9. The van der Waals surface area contributed by atoms with Crippen LogP contribution in [0, 0.1) is 0 Å². The van der Waals surface area contributed by atoms with E-state index in [1.54, 1.807) is 150 Å². The van der Waals surface area contributed by atoms with Crippen molar-refractivity contribution in [3.8, 4) is 34.5 Å². The molecule has 0 aliphatic rings. The molecule has 0 spiro atoms. The summed E-state index contributed by atoms with van der Waals surface area (Å²) in [5, 5.41) is 87.8. The van der Waals surface area contributed by atoms with Gasteiger partial charge in [-0.2, -0.15) is 0 Å². The first-order chi connectivity index (χ1) is 37.7. The number of phenols is 3. The molecular formula is C57H68Li2N6Na2O18. The second-order valence-electron chi connectivity index (χ2n) is 18.0. The Balaban J connectivity index is -0.000000459. The Bertz CT molecular complexity index is 2810. The van der Waals surface area contributed by atoms with E-state index in [4.69, 9.17) is 24.4 Å². The number of carboxylic acid groups (broad SMARTS) is 6. The molecule has 5 N–H and O–H groups in total. The monoisotopic (exact) mass is 1180 g/mol. The van der Waals surface area contributed by atoms with Gasteiger partial charge in [0.2, 0.25) is 0 Å². The number of methoxy groups -OCH3 is 3. The number of benzene rings is 6. The Kier molecular flexibility index (Phi) is 40.8. The van der Waals surface area contributed by atoms with Crippen LogP contribution in [0.5, 0.6) is 34.5 Å². The van der Waals surface area contributed by atoms with E-state index in [9.17, 15) is 64.5 Å². The molecule has 24 nitrogen and oxygen atoms in total. The zero-order valence-electron chi connectivity index (χ0n) is 51.6. The molecule has 28 heteroatoms. The minimum absolute atomic E-state index is 0. The molecule has 6 rings (SSSR count). The molecule has 0 saturated carbocycles. The third-order valence-corrected chi connectivity index (χ3v) is 10.7. The van der Waals surface area contributed by atoms with Gasteiger partial charge in [-0.15, -0.1) is 0 Å². The van der Waals surface area contributed by atoms with E-state index in [-0.39, 0.29) is 147 Å². The van der Waals surface area contributed by atoms with Crippen molar-refractivity contribution in [1.82, 2.24) is 0 Å². The molecule has 6 aromatic rings. The van der Waals surface area contributed by atoms with Crippen molar-refractivity contribution in [2.24, 2.45) is 0 Å². The van der Waals surface area contributed by atoms with Crippen LogP contribution < -0.4 is 161 Å². The van der Waals surface area contributed by atoms with Gasteiger partial charge in [0.1, 0.15) is 34.5 Å². The number of aromatic carboxylic acids is 6. The molecule has 0 fully saturated rings. The van der Waals surface area contributed by atoms with Gasteiger partial charge in [-0.25, -0.2) is 9.59 Å². The van der Waals surface area contributed by atoms with E-state index < -0.39 is 35.8 Å². The molecular weight excluding hydrogens is 1120 g/mol. The van der Waals surface area contributed by atoms with Crippen molar-refractivity contribution in [2.45, 2.75) is 0 Å². The predicted octanol–water partition coefficient (Wildman–Crippen LogP) is -9.48. The van der Waals surface area contributed by atoms with E-state index in [0.29, 0.717) is 51.4 Å². The van der Waals surface area contributed by atoms with Crippen LogP contribution in [-0.2, 0) is 0 Å². The summed E-state index contributed by atoms with van der Waals surface area (Å²) >= 11 is 0. The number of carbonyl (C=O) groups is 6. The maximum Gasteiger partial charge on any atom is 1.00 e. The Labute approximate surface area is 563 Å². The van der Waals surface area contributed by atoms with Gasteiger partial charge < -0.3 is 109 Å². The second-order valence-corrected chi connectivity index (χ2v) is 18.0. The number of ether oxygens (including phenoxy) is 3. The van der Waals surface area contributed by atoms with E-state index in [0.717, 1.165) is 12.1 Å². The molecule has 0 saturated heterocycles. The average Bonchev–Trinajstić information content (AvgIpc) is 3.61. The van der Waals surface area contributed by atoms with Crippen molar-refractivity contribution in [3.63, 3.8) is 0 Å². The quantitative estimate of drug-likeness (QED) is 0.0596. The number of aromatic hydroxyl groups is 3. The summed E-state index contributed by atoms with van der Waals surface area (Å²) in [5.74, 6) is -5.61. The Hall–Kier alpha value is -7.07. The molecule has 438 valence electrons. The Morgan fingerprint density at radius 2 is 0.588 bits per heavy atom. The number of anilines is 6. The predicted molar refractivity (Wildman–Crippen MR) is 301 cm³/mol. The molecule has 0 unspecified atom stereocenters. The number of hydrogen-bond acceptors (Lipinski definition) is 22. The number of phenolic OH excluding ortho intramolecular Hbond substituents is 3. The largest absolute Gasteiger partial charge is 1.00 e. The van der Waals surface area contributed by atoms with Gasteiger partial charge in [-0.05, 0) is 91.0 Å². The van der Waals surface area contributed by atoms with Crippen LogP contribution in [0.2, 0.25) is 0 Å². The zero-order chi connectivity index (χ0) is 62.2. The molecule has 0 atom stereocenters. The van der Waals surface area contributed by atoms with E-state index in [1.165, 1.54) is 82.0 Å². The van der Waals surface area contributed by atoms with Crippen LogP contribution in [0.25, 0.3) is 0 Å². The zero-order valence-corrected chi connectivity index (χ0v) is 55.6. The third kappa shape index (κ3) is 29.1. The van der Waals surface area contributed by atoms with Gasteiger partial charge >= 0.3 is 109 Å². The second kappa shape index (κ2) is 41.1. The van der Waals surface area contributed by atoms with E-state index in [2.05, 4.69) is 0 Å². The summed E-state index contributed by atoms with van der Waals surface area (Å²) in [6.45, 7) is 0. The number of nitrogens with zero attached hydrogens (tertiary/aromatic N) is 6. The molecule has 0 bridgehead atoms. The molecule has 0 radical (unpaired) electrons. The average molecular weight is 1190 g/mol. The fraction of sp³-hybridized carbons (Fsp3) is 0.263. The van der Waals surface area contributed by atoms with Gasteiger partial charge in [-0.3, -0.25) is 0 Å². The number of carbonyl (C=O) groups excluding carboxylic acids is 4. The van der Waals surface area contributed by atoms with E-state index in [1.807, 2.05) is 0 Å². The standard InChI is InChI=1S/3C10H13NO3.3C9H11NO3.2Li.2Na/c3*1-11(2)9-5-4-7(14-3)6-8(9)10(12)13;3*1-10(2)7-3-6(9(12)13)4-8(11)5-7;;;;/h3*4-6H,1-3H3,(H,12,13);3*3-5,11H,1-2H3,(H,12,13);;;;/q;;;;;;4*+1/p-4. The first kappa shape index (κ1) is 84.4. The summed E-state index contributed by atoms with van der Waals surface area (Å²) in [6.07, 6.45) is 0. The SMILES string of the molecule is CN(C)c1cc(O)cc(C(=O)O)c1.CN(C)c1cc(O)cc(C(=O)[O-])c1.CN(C)c1cc(O)cc(C(=O)[O-])c1.COc1ccc(N(C)C)c(C(=O)O)c1.COc1ccc(N(C)C)c(C(=O)[O-])c1.COc1ccc(N(C)C)c(C(=O)[O-])c1.[Li+].[Li+].[Na+].[Na+]. The molecule has 0 aliphatic heterocycles. The Morgan fingerprint density at radius 1 is 0.341 bits per heavy atom. The number of rotatable bonds is 15. The van der Waals surface area contributed by atoms with Crippen molar-refractivity contribution >= 4 is 69.9 Å². The number of carboxylic acids is 6. The first-order valence-corrected chi connectivity index (χ1v) is 23.6. The van der Waals surface area contributed by atoms with Crippen LogP contribution in [0.3, 0.4) is 0 Å². The first-order valence-electron chi connectivity index (χ1n) is 23.6. The molecule has 0 amide bonds. The van der Waals surface area contributed by atoms with Crippen molar-refractivity contribution < 1.29 is 186 Å². The molecule has 0 aliphatic carbocycles. The molecule has 85 heavy (non-hydrogen) atoms. The van der Waals surface area contributed by atoms with Crippen LogP contribution in [-0.4, -0.2) is 167 Å². The fourth-order valence-corrected chi connectivity index (χ4v) is 6.51. The molecule has 0 aromatic heterocycles. The summed E-state index contributed by atoms with van der Waals surface area (Å²) < 4.78 is 14.8. The smallest absolute Gasteiger partial charge is 0.545 e.